The molecule has 0 amide bonds. The van der Waals surface area contributed by atoms with Gasteiger partial charge in [-0.1, -0.05) is 24.3 Å². The van der Waals surface area contributed by atoms with E-state index in [1.54, 1.807) is 16.0 Å². The first kappa shape index (κ1) is 9.37. The Balaban J connectivity index is 1.72. The SMILES string of the molecule is c1ccc2c(c1)CC([NH+]1CCOCC1)C2. The van der Waals surface area contributed by atoms with E-state index in [-0.39, 0.29) is 0 Å². The zero-order chi connectivity index (χ0) is 10.1. The second-order valence-electron chi connectivity index (χ2n) is 4.64. The van der Waals surface area contributed by atoms with Gasteiger partial charge in [0.2, 0.25) is 0 Å². The van der Waals surface area contributed by atoms with Crippen molar-refractivity contribution in [1.29, 1.82) is 0 Å². The molecule has 2 heteroatoms. The molecule has 1 saturated heterocycles. The maximum atomic E-state index is 5.42. The lowest BCUT2D eigenvalue weighted by Gasteiger charge is -2.28. The van der Waals surface area contributed by atoms with Crippen molar-refractivity contribution < 1.29 is 9.64 Å². The van der Waals surface area contributed by atoms with Gasteiger partial charge in [-0.2, -0.15) is 0 Å². The van der Waals surface area contributed by atoms with Crippen LogP contribution in [0.5, 0.6) is 0 Å². The van der Waals surface area contributed by atoms with Crippen molar-refractivity contribution in [1.82, 2.24) is 0 Å². The molecule has 0 radical (unpaired) electrons. The van der Waals surface area contributed by atoms with Gasteiger partial charge in [-0.3, -0.25) is 0 Å². The third-order valence-corrected chi connectivity index (χ3v) is 3.76. The Hall–Kier alpha value is -0.860. The highest BCUT2D eigenvalue weighted by Crippen LogP contribution is 2.20. The van der Waals surface area contributed by atoms with E-state index in [1.807, 2.05) is 0 Å². The molecule has 2 nitrogen and oxygen atoms in total. The first-order valence-electron chi connectivity index (χ1n) is 5.92. The molecule has 80 valence electrons. The van der Waals surface area contributed by atoms with Crippen molar-refractivity contribution in [3.63, 3.8) is 0 Å². The predicted octanol–water partition coefficient (Wildman–Crippen LogP) is 0.0689. The van der Waals surface area contributed by atoms with Crippen LogP contribution in [0.15, 0.2) is 24.3 Å². The Morgan fingerprint density at radius 1 is 1.00 bits per heavy atom. The lowest BCUT2D eigenvalue weighted by molar-refractivity contribution is -0.931. The number of hydrogen-bond donors (Lipinski definition) is 1. The Labute approximate surface area is 90.8 Å². The molecule has 1 aromatic carbocycles. The highest BCUT2D eigenvalue weighted by atomic mass is 16.5. The number of rotatable bonds is 1. The second-order valence-corrected chi connectivity index (χ2v) is 4.64. The fourth-order valence-electron chi connectivity index (χ4n) is 2.89. The minimum absolute atomic E-state index is 0.811. The zero-order valence-electron chi connectivity index (χ0n) is 9.04. The average molecular weight is 204 g/mol. The Morgan fingerprint density at radius 3 is 2.20 bits per heavy atom. The summed E-state index contributed by atoms with van der Waals surface area (Å²) in [5, 5.41) is 0. The number of quaternary nitrogens is 1. The molecular formula is C13H18NO+. The summed E-state index contributed by atoms with van der Waals surface area (Å²) in [4.78, 5) is 1.75. The van der Waals surface area contributed by atoms with Crippen LogP contribution in [0.4, 0.5) is 0 Å². The van der Waals surface area contributed by atoms with Crippen molar-refractivity contribution in [3.05, 3.63) is 35.4 Å². The summed E-state index contributed by atoms with van der Waals surface area (Å²) in [5.41, 5.74) is 3.14. The highest BCUT2D eigenvalue weighted by molar-refractivity contribution is 5.32. The van der Waals surface area contributed by atoms with Crippen LogP contribution >= 0.6 is 0 Å². The third kappa shape index (κ3) is 1.80. The monoisotopic (exact) mass is 204 g/mol. The molecule has 2 aliphatic rings. The van der Waals surface area contributed by atoms with E-state index in [1.165, 1.54) is 25.9 Å². The fourth-order valence-corrected chi connectivity index (χ4v) is 2.89. The number of benzene rings is 1. The van der Waals surface area contributed by atoms with E-state index in [0.29, 0.717) is 0 Å². The zero-order valence-corrected chi connectivity index (χ0v) is 9.04. The van der Waals surface area contributed by atoms with Gasteiger partial charge in [-0.25, -0.2) is 0 Å². The molecule has 1 aliphatic heterocycles. The summed E-state index contributed by atoms with van der Waals surface area (Å²) in [6.07, 6.45) is 2.54. The molecule has 0 unspecified atom stereocenters. The van der Waals surface area contributed by atoms with Gasteiger partial charge >= 0.3 is 0 Å². The minimum atomic E-state index is 0.811. The average Bonchev–Trinajstić information content (AvgIpc) is 2.74. The topological polar surface area (TPSA) is 13.7 Å². The van der Waals surface area contributed by atoms with E-state index in [4.69, 9.17) is 4.74 Å². The van der Waals surface area contributed by atoms with Crippen molar-refractivity contribution in [2.24, 2.45) is 0 Å². The number of morpholine rings is 1. The Bertz CT molecular complexity index is 319. The first-order chi connectivity index (χ1) is 7.43. The van der Waals surface area contributed by atoms with Crippen LogP contribution in [0.25, 0.3) is 0 Å². The van der Waals surface area contributed by atoms with Crippen LogP contribution in [0.3, 0.4) is 0 Å². The molecule has 0 saturated carbocycles. The van der Waals surface area contributed by atoms with Crippen LogP contribution < -0.4 is 4.90 Å². The summed E-state index contributed by atoms with van der Waals surface area (Å²) < 4.78 is 5.42. The van der Waals surface area contributed by atoms with Crippen LogP contribution in [0.1, 0.15) is 11.1 Å². The third-order valence-electron chi connectivity index (χ3n) is 3.76. The summed E-state index contributed by atoms with van der Waals surface area (Å²) in [6.45, 7) is 4.28. The largest absolute Gasteiger partial charge is 0.370 e. The van der Waals surface area contributed by atoms with E-state index in [2.05, 4.69) is 24.3 Å². The van der Waals surface area contributed by atoms with E-state index in [0.717, 1.165) is 19.3 Å². The van der Waals surface area contributed by atoms with Crippen LogP contribution in [-0.4, -0.2) is 32.3 Å². The Morgan fingerprint density at radius 2 is 1.60 bits per heavy atom. The fraction of sp³-hybridized carbons (Fsp3) is 0.538. The van der Waals surface area contributed by atoms with Gasteiger partial charge in [-0.15, -0.1) is 0 Å². The predicted molar refractivity (Wildman–Crippen MR) is 59.2 cm³/mol. The van der Waals surface area contributed by atoms with E-state index < -0.39 is 0 Å². The first-order valence-corrected chi connectivity index (χ1v) is 5.92. The summed E-state index contributed by atoms with van der Waals surface area (Å²) >= 11 is 0. The van der Waals surface area contributed by atoms with Crippen molar-refractivity contribution >= 4 is 0 Å². The molecule has 0 aromatic heterocycles. The summed E-state index contributed by atoms with van der Waals surface area (Å²) in [5.74, 6) is 0. The molecule has 15 heavy (non-hydrogen) atoms. The normalized spacial score (nSPS) is 22.9. The molecular weight excluding hydrogens is 186 g/mol. The lowest BCUT2D eigenvalue weighted by Crippen LogP contribution is -3.18. The van der Waals surface area contributed by atoms with Gasteiger partial charge in [0.1, 0.15) is 13.1 Å². The maximum Gasteiger partial charge on any atom is 0.101 e. The number of ether oxygens (including phenoxy) is 1. The second kappa shape index (κ2) is 3.95. The van der Waals surface area contributed by atoms with Gasteiger partial charge in [0.05, 0.1) is 19.3 Å². The van der Waals surface area contributed by atoms with Crippen molar-refractivity contribution in [3.8, 4) is 0 Å². The van der Waals surface area contributed by atoms with Gasteiger partial charge in [0.15, 0.2) is 0 Å². The maximum absolute atomic E-state index is 5.42. The Kier molecular flexibility index (Phi) is 2.47. The number of hydrogen-bond acceptors (Lipinski definition) is 1. The van der Waals surface area contributed by atoms with Crippen LogP contribution in [0, 0.1) is 0 Å². The molecule has 1 aliphatic carbocycles. The van der Waals surface area contributed by atoms with Crippen LogP contribution in [0.2, 0.25) is 0 Å². The lowest BCUT2D eigenvalue weighted by atomic mass is 10.1. The van der Waals surface area contributed by atoms with Crippen molar-refractivity contribution in [2.45, 2.75) is 18.9 Å². The molecule has 0 spiro atoms. The van der Waals surface area contributed by atoms with Crippen molar-refractivity contribution in [2.75, 3.05) is 26.3 Å². The van der Waals surface area contributed by atoms with E-state index in [9.17, 15) is 0 Å². The van der Waals surface area contributed by atoms with Gasteiger partial charge in [0.25, 0.3) is 0 Å². The minimum Gasteiger partial charge on any atom is -0.370 e. The molecule has 1 N–H and O–H groups in total. The van der Waals surface area contributed by atoms with Gasteiger partial charge in [-0.05, 0) is 11.1 Å². The summed E-state index contributed by atoms with van der Waals surface area (Å²) in [6, 6.07) is 9.71. The van der Waals surface area contributed by atoms with Gasteiger partial charge in [0, 0.05) is 12.8 Å². The molecule has 1 heterocycles. The molecule has 1 fully saturated rings. The number of fused-ring (bicyclic) bond motifs is 1. The molecule has 3 rings (SSSR count). The highest BCUT2D eigenvalue weighted by Gasteiger charge is 2.30. The quantitative estimate of drug-likeness (QED) is 0.683. The summed E-state index contributed by atoms with van der Waals surface area (Å²) in [7, 11) is 0. The molecule has 1 aromatic rings. The van der Waals surface area contributed by atoms with E-state index >= 15 is 0 Å². The number of nitrogens with one attached hydrogen (secondary N) is 1. The molecule has 0 atom stereocenters. The van der Waals surface area contributed by atoms with Gasteiger partial charge < -0.3 is 9.64 Å². The standard InChI is InChI=1S/C13H17NO/c1-2-4-12-10-13(9-11(12)3-1)14-5-7-15-8-6-14/h1-4,13H,5-10H2/p+1. The van der Waals surface area contributed by atoms with Crippen LogP contribution in [-0.2, 0) is 17.6 Å². The smallest absolute Gasteiger partial charge is 0.101 e. The molecule has 0 bridgehead atoms.